The molecule has 0 bridgehead atoms. The molecule has 0 saturated carbocycles. The lowest BCUT2D eigenvalue weighted by Gasteiger charge is -2.29. The maximum absolute atomic E-state index is 12.6. The average Bonchev–Trinajstić information content (AvgIpc) is 2.86. The van der Waals surface area contributed by atoms with Crippen molar-refractivity contribution in [2.24, 2.45) is 0 Å². The molecule has 0 aromatic heterocycles. The molecule has 0 aliphatic carbocycles. The van der Waals surface area contributed by atoms with E-state index >= 15 is 0 Å². The number of fused-ring (bicyclic) bond motifs is 1. The second-order valence-electron chi connectivity index (χ2n) is 4.71. The summed E-state index contributed by atoms with van der Waals surface area (Å²) < 4.78 is 12.6. The number of alkyl halides is 1. The van der Waals surface area contributed by atoms with E-state index in [1.54, 1.807) is 11.8 Å². The van der Waals surface area contributed by atoms with Crippen LogP contribution in [0, 0.1) is 0 Å². The second-order valence-corrected chi connectivity index (χ2v) is 6.05. The Morgan fingerprint density at radius 3 is 2.47 bits per heavy atom. The van der Waals surface area contributed by atoms with E-state index in [0.29, 0.717) is 6.42 Å². The van der Waals surface area contributed by atoms with Gasteiger partial charge in [-0.15, -0.1) is 0 Å². The van der Waals surface area contributed by atoms with Crippen LogP contribution < -0.4 is 5.32 Å². The van der Waals surface area contributed by atoms with Crippen molar-refractivity contribution in [3.63, 3.8) is 0 Å². The highest BCUT2D eigenvalue weighted by molar-refractivity contribution is 8.00. The molecule has 2 aromatic rings. The molecule has 19 heavy (non-hydrogen) atoms. The normalized spacial score (nSPS) is 20.9. The van der Waals surface area contributed by atoms with Crippen LogP contribution in [0.5, 0.6) is 0 Å². The lowest BCUT2D eigenvalue weighted by molar-refractivity contribution is 0.442. The van der Waals surface area contributed by atoms with Gasteiger partial charge in [-0.25, -0.2) is 0 Å². The zero-order chi connectivity index (χ0) is 13.1. The summed E-state index contributed by atoms with van der Waals surface area (Å²) in [4.78, 5) is 1.02. The van der Waals surface area contributed by atoms with E-state index < -0.39 is 0 Å². The zero-order valence-electron chi connectivity index (χ0n) is 10.6. The Morgan fingerprint density at radius 2 is 1.74 bits per heavy atom. The molecule has 0 radical (unpaired) electrons. The molecule has 1 atom stereocenters. The minimum atomic E-state index is -0.271. The second kappa shape index (κ2) is 5.25. The third-order valence-electron chi connectivity index (χ3n) is 3.41. The van der Waals surface area contributed by atoms with Gasteiger partial charge in [0.05, 0.1) is 6.67 Å². The van der Waals surface area contributed by atoms with Crippen LogP contribution in [0.2, 0.25) is 0 Å². The van der Waals surface area contributed by atoms with Gasteiger partial charge >= 0.3 is 0 Å². The van der Waals surface area contributed by atoms with Gasteiger partial charge in [0.15, 0.2) is 0 Å². The van der Waals surface area contributed by atoms with Gasteiger partial charge in [-0.05, 0) is 30.5 Å². The van der Waals surface area contributed by atoms with E-state index in [4.69, 9.17) is 0 Å². The predicted octanol–water partition coefficient (Wildman–Crippen LogP) is 4.81. The van der Waals surface area contributed by atoms with Gasteiger partial charge in [-0.2, -0.15) is 0 Å². The summed E-state index contributed by atoms with van der Waals surface area (Å²) in [7, 11) is 0. The minimum absolute atomic E-state index is 0.225. The largest absolute Gasteiger partial charge is 0.366 e. The molecule has 1 N–H and O–H groups in total. The molecular weight excluding hydrogens is 257 g/mol. The van der Waals surface area contributed by atoms with Gasteiger partial charge in [0, 0.05) is 10.6 Å². The maximum atomic E-state index is 12.6. The highest BCUT2D eigenvalue weighted by atomic mass is 32.2. The molecule has 0 saturated heterocycles. The first kappa shape index (κ1) is 12.5. The highest BCUT2D eigenvalue weighted by Crippen LogP contribution is 2.53. The Bertz CT molecular complexity index is 531. The van der Waals surface area contributed by atoms with E-state index in [0.717, 1.165) is 12.1 Å². The fourth-order valence-electron chi connectivity index (χ4n) is 2.50. The molecule has 3 heteroatoms. The zero-order valence-corrected chi connectivity index (χ0v) is 11.4. The summed E-state index contributed by atoms with van der Waals surface area (Å²) in [5, 5.41) is 3.60. The Balaban J connectivity index is 1.97. The maximum Gasteiger partial charge on any atom is 0.114 e. The fraction of sp³-hybridized carbons (Fsp3) is 0.250. The minimum Gasteiger partial charge on any atom is -0.366 e. The van der Waals surface area contributed by atoms with Crippen molar-refractivity contribution < 1.29 is 4.39 Å². The topological polar surface area (TPSA) is 12.0 Å². The van der Waals surface area contributed by atoms with Crippen molar-refractivity contribution in [2.45, 2.75) is 22.6 Å². The summed E-state index contributed by atoms with van der Waals surface area (Å²) >= 11 is 1.80. The number of benzene rings is 2. The molecule has 0 spiro atoms. The lowest BCUT2D eigenvalue weighted by atomic mass is 10.0. The predicted molar refractivity (Wildman–Crippen MR) is 79.3 cm³/mol. The van der Waals surface area contributed by atoms with Crippen molar-refractivity contribution in [3.8, 4) is 0 Å². The summed E-state index contributed by atoms with van der Waals surface area (Å²) in [6.07, 6.45) is 1.36. The average molecular weight is 273 g/mol. The number of rotatable bonds is 4. The van der Waals surface area contributed by atoms with E-state index in [9.17, 15) is 4.39 Å². The molecule has 1 aliphatic rings. The Hall–Kier alpha value is -1.48. The molecule has 1 aliphatic heterocycles. The first-order valence-corrected chi connectivity index (χ1v) is 7.33. The van der Waals surface area contributed by atoms with Crippen LogP contribution in [0.4, 0.5) is 10.1 Å². The standard InChI is InChI=1S/C16H16FNS/c17-12-6-11-16(13-7-2-1-3-8-13)18-14-9-4-5-10-15(14)19-16/h1-5,7-10,18H,6,11-12H2. The highest BCUT2D eigenvalue weighted by Gasteiger charge is 2.38. The summed E-state index contributed by atoms with van der Waals surface area (Å²) in [6.45, 7) is -0.271. The van der Waals surface area contributed by atoms with Crippen molar-refractivity contribution >= 4 is 17.4 Å². The third-order valence-corrected chi connectivity index (χ3v) is 4.88. The van der Waals surface area contributed by atoms with Crippen LogP contribution in [0.3, 0.4) is 0 Å². The molecule has 0 fully saturated rings. The summed E-state index contributed by atoms with van der Waals surface area (Å²) in [5.74, 6) is 0. The van der Waals surface area contributed by atoms with Crippen molar-refractivity contribution in [1.82, 2.24) is 0 Å². The van der Waals surface area contributed by atoms with Crippen LogP contribution in [-0.4, -0.2) is 6.67 Å². The number of anilines is 1. The van der Waals surface area contributed by atoms with Crippen LogP contribution in [0.1, 0.15) is 18.4 Å². The Morgan fingerprint density at radius 1 is 1.00 bits per heavy atom. The molecule has 98 valence electrons. The van der Waals surface area contributed by atoms with Crippen LogP contribution >= 0.6 is 11.8 Å². The van der Waals surface area contributed by atoms with Gasteiger partial charge in [-0.1, -0.05) is 54.2 Å². The quantitative estimate of drug-likeness (QED) is 0.858. The van der Waals surface area contributed by atoms with E-state index in [2.05, 4.69) is 29.6 Å². The Kier molecular flexibility index (Phi) is 3.47. The van der Waals surface area contributed by atoms with Gasteiger partial charge < -0.3 is 5.32 Å². The van der Waals surface area contributed by atoms with Gasteiger partial charge in [0.25, 0.3) is 0 Å². The molecule has 3 rings (SSSR count). The lowest BCUT2D eigenvalue weighted by Crippen LogP contribution is -2.28. The van der Waals surface area contributed by atoms with Gasteiger partial charge in [0.2, 0.25) is 0 Å². The van der Waals surface area contributed by atoms with Crippen molar-refractivity contribution in [3.05, 3.63) is 60.2 Å². The monoisotopic (exact) mass is 273 g/mol. The molecule has 1 heterocycles. The smallest absolute Gasteiger partial charge is 0.114 e. The third kappa shape index (κ3) is 2.35. The van der Waals surface area contributed by atoms with Gasteiger partial charge in [0.1, 0.15) is 4.87 Å². The molecular formula is C16H16FNS. The van der Waals surface area contributed by atoms with Crippen LogP contribution in [-0.2, 0) is 4.87 Å². The molecule has 1 unspecified atom stereocenters. The first-order valence-electron chi connectivity index (χ1n) is 6.52. The fourth-order valence-corrected chi connectivity index (χ4v) is 3.91. The van der Waals surface area contributed by atoms with E-state index in [1.807, 2.05) is 30.3 Å². The SMILES string of the molecule is FCCCC1(c2ccccc2)Nc2ccccc2S1. The number of thioether (sulfide) groups is 1. The molecule has 2 aromatic carbocycles. The number of para-hydroxylation sites is 1. The van der Waals surface area contributed by atoms with Crippen molar-refractivity contribution in [1.29, 1.82) is 0 Å². The number of halogens is 1. The number of hydrogen-bond acceptors (Lipinski definition) is 2. The summed E-state index contributed by atoms with van der Waals surface area (Å²) in [6, 6.07) is 18.6. The Labute approximate surface area is 117 Å². The van der Waals surface area contributed by atoms with E-state index in [1.165, 1.54) is 10.5 Å². The van der Waals surface area contributed by atoms with Gasteiger partial charge in [-0.3, -0.25) is 4.39 Å². The van der Waals surface area contributed by atoms with Crippen LogP contribution in [0.25, 0.3) is 0 Å². The van der Waals surface area contributed by atoms with Crippen molar-refractivity contribution in [2.75, 3.05) is 12.0 Å². The summed E-state index contributed by atoms with van der Waals surface area (Å²) in [5.41, 5.74) is 2.36. The molecule has 1 nitrogen and oxygen atoms in total. The van der Waals surface area contributed by atoms with Crippen LogP contribution in [0.15, 0.2) is 59.5 Å². The number of hydrogen-bond donors (Lipinski definition) is 1. The number of nitrogens with one attached hydrogen (secondary N) is 1. The first-order chi connectivity index (χ1) is 9.34. The van der Waals surface area contributed by atoms with E-state index in [-0.39, 0.29) is 11.5 Å². The molecule has 0 amide bonds.